The maximum atomic E-state index is 11.9. The third-order valence-electron chi connectivity index (χ3n) is 3.78. The minimum Gasteiger partial charge on any atom is -0.396 e. The second kappa shape index (κ2) is 6.54. The van der Waals surface area contributed by atoms with E-state index in [1.807, 2.05) is 38.1 Å². The van der Waals surface area contributed by atoms with Gasteiger partial charge in [0.2, 0.25) is 0 Å². The second-order valence-electron chi connectivity index (χ2n) is 5.34. The minimum absolute atomic E-state index is 0.0531. The Kier molecular flexibility index (Phi) is 4.75. The van der Waals surface area contributed by atoms with Crippen molar-refractivity contribution >= 4 is 17.5 Å². The normalized spacial score (nSPS) is 20.3. The summed E-state index contributed by atoms with van der Waals surface area (Å²) in [6.45, 7) is 3.90. The fourth-order valence-corrected chi connectivity index (χ4v) is 2.32. The molecule has 2 amide bonds. The van der Waals surface area contributed by atoms with Crippen molar-refractivity contribution in [2.24, 2.45) is 5.92 Å². The molecule has 0 heterocycles. The standard InChI is InChI=1S/C16H20N2O3/c1-10-4-3-5-14(11(10)2)18-16(21)15(20)17-13-7-6-12(8-13)9-19/h3-7,12-13,19H,8-9H2,1-2H3,(H,17,20)(H,18,21)/t12-,13+/m0/s1. The highest BCUT2D eigenvalue weighted by Gasteiger charge is 2.23. The number of rotatable bonds is 3. The summed E-state index contributed by atoms with van der Waals surface area (Å²) in [5.74, 6) is -1.29. The number of aliphatic hydroxyl groups is 1. The molecule has 1 aliphatic carbocycles. The van der Waals surface area contributed by atoms with Gasteiger partial charge < -0.3 is 15.7 Å². The third-order valence-corrected chi connectivity index (χ3v) is 3.78. The zero-order valence-electron chi connectivity index (χ0n) is 12.2. The van der Waals surface area contributed by atoms with E-state index in [9.17, 15) is 9.59 Å². The van der Waals surface area contributed by atoms with Crippen LogP contribution in [0.4, 0.5) is 5.69 Å². The zero-order chi connectivity index (χ0) is 15.4. The van der Waals surface area contributed by atoms with Crippen molar-refractivity contribution in [2.75, 3.05) is 11.9 Å². The topological polar surface area (TPSA) is 78.4 Å². The molecule has 1 aliphatic rings. The van der Waals surface area contributed by atoms with Gasteiger partial charge in [-0.05, 0) is 37.5 Å². The van der Waals surface area contributed by atoms with Crippen molar-refractivity contribution in [1.82, 2.24) is 5.32 Å². The summed E-state index contributed by atoms with van der Waals surface area (Å²) >= 11 is 0. The number of anilines is 1. The quantitative estimate of drug-likeness (QED) is 0.579. The number of nitrogens with one attached hydrogen (secondary N) is 2. The molecule has 112 valence electrons. The van der Waals surface area contributed by atoms with Crippen LogP contribution in [0.1, 0.15) is 17.5 Å². The highest BCUT2D eigenvalue weighted by molar-refractivity contribution is 6.39. The van der Waals surface area contributed by atoms with Gasteiger partial charge in [-0.2, -0.15) is 0 Å². The van der Waals surface area contributed by atoms with Crippen LogP contribution >= 0.6 is 0 Å². The summed E-state index contributed by atoms with van der Waals surface area (Å²) in [4.78, 5) is 23.8. The summed E-state index contributed by atoms with van der Waals surface area (Å²) in [6.07, 6.45) is 4.29. The SMILES string of the molecule is Cc1cccc(NC(=O)C(=O)N[C@@H]2C=C[C@H](CO)C2)c1C. The third kappa shape index (κ3) is 3.70. The van der Waals surface area contributed by atoms with Crippen LogP contribution in [0.15, 0.2) is 30.4 Å². The van der Waals surface area contributed by atoms with E-state index < -0.39 is 11.8 Å². The van der Waals surface area contributed by atoms with Crippen LogP contribution < -0.4 is 10.6 Å². The van der Waals surface area contributed by atoms with Crippen LogP contribution in [0, 0.1) is 19.8 Å². The van der Waals surface area contributed by atoms with E-state index in [-0.39, 0.29) is 18.6 Å². The first-order valence-electron chi connectivity index (χ1n) is 6.98. The fraction of sp³-hybridized carbons (Fsp3) is 0.375. The van der Waals surface area contributed by atoms with Crippen molar-refractivity contribution in [3.05, 3.63) is 41.5 Å². The molecule has 2 atom stereocenters. The van der Waals surface area contributed by atoms with Crippen molar-refractivity contribution < 1.29 is 14.7 Å². The van der Waals surface area contributed by atoms with Gasteiger partial charge in [0.25, 0.3) is 0 Å². The summed E-state index contributed by atoms with van der Waals surface area (Å²) in [5, 5.41) is 14.3. The molecule has 0 aromatic heterocycles. The Bertz CT molecular complexity index is 581. The summed E-state index contributed by atoms with van der Waals surface area (Å²) in [6, 6.07) is 5.36. The number of carbonyl (C=O) groups is 2. The Morgan fingerprint density at radius 3 is 2.67 bits per heavy atom. The monoisotopic (exact) mass is 288 g/mol. The summed E-state index contributed by atoms with van der Waals surface area (Å²) < 4.78 is 0. The molecule has 21 heavy (non-hydrogen) atoms. The van der Waals surface area contributed by atoms with Crippen LogP contribution in [0.2, 0.25) is 0 Å². The molecule has 5 heteroatoms. The molecule has 0 saturated heterocycles. The largest absolute Gasteiger partial charge is 0.396 e. The van der Waals surface area contributed by atoms with Crippen molar-refractivity contribution in [2.45, 2.75) is 26.3 Å². The van der Waals surface area contributed by atoms with Crippen LogP contribution in [0.3, 0.4) is 0 Å². The molecule has 0 aliphatic heterocycles. The average molecular weight is 288 g/mol. The highest BCUT2D eigenvalue weighted by Crippen LogP contribution is 2.18. The van der Waals surface area contributed by atoms with Gasteiger partial charge in [0.05, 0.1) is 0 Å². The number of benzene rings is 1. The first kappa shape index (κ1) is 15.3. The number of carbonyl (C=O) groups excluding carboxylic acids is 2. The molecule has 1 aromatic carbocycles. The first-order valence-corrected chi connectivity index (χ1v) is 6.98. The van der Waals surface area contributed by atoms with E-state index in [4.69, 9.17) is 5.11 Å². The van der Waals surface area contributed by atoms with E-state index in [1.54, 1.807) is 6.07 Å². The van der Waals surface area contributed by atoms with Gasteiger partial charge >= 0.3 is 11.8 Å². The van der Waals surface area contributed by atoms with Crippen molar-refractivity contribution in [3.8, 4) is 0 Å². The van der Waals surface area contributed by atoms with Crippen molar-refractivity contribution in [3.63, 3.8) is 0 Å². The predicted molar refractivity (Wildman–Crippen MR) is 80.8 cm³/mol. The Morgan fingerprint density at radius 2 is 2.00 bits per heavy atom. The van der Waals surface area contributed by atoms with Gasteiger partial charge in [0.15, 0.2) is 0 Å². The lowest BCUT2D eigenvalue weighted by Gasteiger charge is -2.13. The van der Waals surface area contributed by atoms with Crippen LogP contribution in [-0.4, -0.2) is 29.6 Å². The van der Waals surface area contributed by atoms with Crippen LogP contribution in [0.5, 0.6) is 0 Å². The molecule has 0 spiro atoms. The number of hydrogen-bond donors (Lipinski definition) is 3. The number of aliphatic hydroxyl groups excluding tert-OH is 1. The van der Waals surface area contributed by atoms with E-state index in [1.165, 1.54) is 0 Å². The fourth-order valence-electron chi connectivity index (χ4n) is 2.32. The number of aryl methyl sites for hydroxylation is 1. The summed E-state index contributed by atoms with van der Waals surface area (Å²) in [5.41, 5.74) is 2.64. The molecule has 5 nitrogen and oxygen atoms in total. The lowest BCUT2D eigenvalue weighted by molar-refractivity contribution is -0.136. The minimum atomic E-state index is -0.676. The Balaban J connectivity index is 1.93. The molecule has 0 saturated carbocycles. The smallest absolute Gasteiger partial charge is 0.313 e. The molecule has 0 radical (unpaired) electrons. The maximum absolute atomic E-state index is 11.9. The van der Waals surface area contributed by atoms with Gasteiger partial charge in [0.1, 0.15) is 0 Å². The van der Waals surface area contributed by atoms with Gasteiger partial charge in [-0.3, -0.25) is 9.59 Å². The first-order chi connectivity index (χ1) is 10.0. The lowest BCUT2D eigenvalue weighted by Crippen LogP contribution is -2.40. The predicted octanol–water partition coefficient (Wildman–Crippen LogP) is 1.30. The van der Waals surface area contributed by atoms with Crippen LogP contribution in [0.25, 0.3) is 0 Å². The Morgan fingerprint density at radius 1 is 1.24 bits per heavy atom. The van der Waals surface area contributed by atoms with Gasteiger partial charge in [-0.25, -0.2) is 0 Å². The average Bonchev–Trinajstić information content (AvgIpc) is 2.91. The van der Waals surface area contributed by atoms with E-state index in [2.05, 4.69) is 10.6 Å². The van der Waals surface area contributed by atoms with E-state index in [0.29, 0.717) is 12.1 Å². The molecule has 2 rings (SSSR count). The van der Waals surface area contributed by atoms with E-state index >= 15 is 0 Å². The van der Waals surface area contributed by atoms with Gasteiger partial charge in [-0.15, -0.1) is 0 Å². The van der Waals surface area contributed by atoms with Gasteiger partial charge in [-0.1, -0.05) is 24.3 Å². The molecule has 0 fully saturated rings. The second-order valence-corrected chi connectivity index (χ2v) is 5.34. The van der Waals surface area contributed by atoms with Gasteiger partial charge in [0, 0.05) is 24.3 Å². The molecule has 0 unspecified atom stereocenters. The molecule has 0 bridgehead atoms. The van der Waals surface area contributed by atoms with Crippen molar-refractivity contribution in [1.29, 1.82) is 0 Å². The Hall–Kier alpha value is -2.14. The van der Waals surface area contributed by atoms with E-state index in [0.717, 1.165) is 11.1 Å². The van der Waals surface area contributed by atoms with Crippen LogP contribution in [-0.2, 0) is 9.59 Å². The molecule has 3 N–H and O–H groups in total. The highest BCUT2D eigenvalue weighted by atomic mass is 16.3. The molecule has 1 aromatic rings. The lowest BCUT2D eigenvalue weighted by atomic mass is 10.1. The molecular weight excluding hydrogens is 268 g/mol. The Labute approximate surface area is 124 Å². The number of hydrogen-bond acceptors (Lipinski definition) is 3. The maximum Gasteiger partial charge on any atom is 0.313 e. The zero-order valence-corrected chi connectivity index (χ0v) is 12.2. The summed E-state index contributed by atoms with van der Waals surface area (Å²) in [7, 11) is 0. The number of amides is 2. The molecular formula is C16H20N2O3.